The molecule has 0 aliphatic heterocycles. The average Bonchev–Trinajstić information content (AvgIpc) is 3.21. The molecule has 0 aromatic heterocycles. The molecule has 0 heterocycles. The lowest BCUT2D eigenvalue weighted by Gasteiger charge is -2.22. The second-order valence-electron chi connectivity index (χ2n) is 17.6. The number of hydrogen-bond donors (Lipinski definition) is 0. The zero-order valence-electron chi connectivity index (χ0n) is 33.6. The highest BCUT2D eigenvalue weighted by Gasteiger charge is 2.22. The van der Waals surface area contributed by atoms with Gasteiger partial charge >= 0.3 is 0 Å². The summed E-state index contributed by atoms with van der Waals surface area (Å²) >= 11 is 0. The Morgan fingerprint density at radius 3 is 1.43 bits per heavy atom. The summed E-state index contributed by atoms with van der Waals surface area (Å²) in [6.45, 7) is 16.1. The van der Waals surface area contributed by atoms with Crippen LogP contribution in [0.4, 0.5) is 0 Å². The fourth-order valence-corrected chi connectivity index (χ4v) is 9.60. The minimum atomic E-state index is 0.103. The largest absolute Gasteiger partial charge is 0.0616 e. The van der Waals surface area contributed by atoms with Gasteiger partial charge in [-0.15, -0.1) is 0 Å². The molecule has 0 saturated carbocycles. The maximum absolute atomic E-state index is 2.45. The first-order chi connectivity index (χ1) is 27.1. The standard InChI is InChI=1S/C56H48/c1-33(2)38-31-50(34(3)4)41-18-12-17-40(51(41)32-38)42-27-21-36-23-29-48-49(30-24-37-22-28-47(42)53(36)54(37)48)55-45-15-10-8-13-43(45)52(44-14-9-11-16-46(44)55)35-19-25-39(26-20-35)56(5,6)7/h8-34H,1-7H3. The van der Waals surface area contributed by atoms with Crippen LogP contribution in [0.2, 0.25) is 0 Å². The maximum atomic E-state index is 2.45. The van der Waals surface area contributed by atoms with Gasteiger partial charge in [0.1, 0.15) is 0 Å². The van der Waals surface area contributed by atoms with E-state index in [1.165, 1.54) is 115 Å². The van der Waals surface area contributed by atoms with Gasteiger partial charge in [0.25, 0.3) is 0 Å². The van der Waals surface area contributed by atoms with Crippen LogP contribution in [-0.4, -0.2) is 0 Å². The van der Waals surface area contributed by atoms with Gasteiger partial charge in [0, 0.05) is 0 Å². The Bertz CT molecular complexity index is 3090. The molecule has 272 valence electrons. The molecule has 0 bridgehead atoms. The van der Waals surface area contributed by atoms with Gasteiger partial charge in [-0.25, -0.2) is 0 Å². The normalized spacial score (nSPS) is 12.5. The molecular weight excluding hydrogens is 673 g/mol. The quantitative estimate of drug-likeness (QED) is 0.123. The van der Waals surface area contributed by atoms with Gasteiger partial charge in [-0.3, -0.25) is 0 Å². The van der Waals surface area contributed by atoms with E-state index >= 15 is 0 Å². The van der Waals surface area contributed by atoms with Gasteiger partial charge < -0.3 is 0 Å². The molecule has 0 radical (unpaired) electrons. The van der Waals surface area contributed by atoms with E-state index < -0.39 is 0 Å². The molecule has 0 fully saturated rings. The molecule has 10 rings (SSSR count). The van der Waals surface area contributed by atoms with Crippen LogP contribution in [0.3, 0.4) is 0 Å². The van der Waals surface area contributed by atoms with Gasteiger partial charge in [0.2, 0.25) is 0 Å². The molecule has 0 N–H and O–H groups in total. The van der Waals surface area contributed by atoms with Crippen LogP contribution in [0.1, 0.15) is 77.0 Å². The molecule has 56 heavy (non-hydrogen) atoms. The zero-order valence-corrected chi connectivity index (χ0v) is 33.6. The van der Waals surface area contributed by atoms with Crippen molar-refractivity contribution in [3.63, 3.8) is 0 Å². The average molecular weight is 721 g/mol. The number of hydrogen-bond acceptors (Lipinski definition) is 0. The van der Waals surface area contributed by atoms with Crippen molar-refractivity contribution in [2.75, 3.05) is 0 Å². The molecule has 0 amide bonds. The summed E-state index contributed by atoms with van der Waals surface area (Å²) in [4.78, 5) is 0. The lowest BCUT2D eigenvalue weighted by molar-refractivity contribution is 0.590. The minimum Gasteiger partial charge on any atom is -0.0616 e. The van der Waals surface area contributed by atoms with E-state index in [0.29, 0.717) is 11.8 Å². The SMILES string of the molecule is CC(C)c1cc(C(C)C)c2cccc(-c3ccc4ccc5c(-c6c7ccccc7c(-c7ccc(C(C)(C)C)cc7)c7ccccc67)ccc6ccc3c4c65)c2c1. The second kappa shape index (κ2) is 12.8. The first kappa shape index (κ1) is 34.5. The first-order valence-corrected chi connectivity index (χ1v) is 20.4. The zero-order chi connectivity index (χ0) is 38.5. The Hall–Kier alpha value is -5.98. The van der Waals surface area contributed by atoms with Crippen LogP contribution in [0.15, 0.2) is 152 Å². The van der Waals surface area contributed by atoms with Gasteiger partial charge in [-0.05, 0) is 132 Å². The Balaban J connectivity index is 1.25. The van der Waals surface area contributed by atoms with Crippen LogP contribution < -0.4 is 0 Å². The molecule has 0 unspecified atom stereocenters. The molecule has 0 heteroatoms. The second-order valence-corrected chi connectivity index (χ2v) is 17.6. The van der Waals surface area contributed by atoms with Crippen LogP contribution >= 0.6 is 0 Å². The summed E-state index contributed by atoms with van der Waals surface area (Å²) in [6.07, 6.45) is 0. The molecule has 0 atom stereocenters. The highest BCUT2D eigenvalue weighted by atomic mass is 14.3. The Kier molecular flexibility index (Phi) is 7.88. The Labute approximate surface area is 330 Å². The van der Waals surface area contributed by atoms with Gasteiger partial charge in [0.15, 0.2) is 0 Å². The first-order valence-electron chi connectivity index (χ1n) is 20.4. The molecule has 0 aliphatic rings. The van der Waals surface area contributed by atoms with Crippen LogP contribution in [0, 0.1) is 0 Å². The summed E-state index contributed by atoms with van der Waals surface area (Å²) in [5.74, 6) is 0.904. The van der Waals surface area contributed by atoms with Gasteiger partial charge in [-0.1, -0.05) is 200 Å². The van der Waals surface area contributed by atoms with Crippen LogP contribution in [0.5, 0.6) is 0 Å². The summed E-state index contributed by atoms with van der Waals surface area (Å²) in [5.41, 5.74) is 12.1. The molecule has 0 spiro atoms. The highest BCUT2D eigenvalue weighted by Crippen LogP contribution is 2.49. The van der Waals surface area contributed by atoms with Crippen molar-refractivity contribution < 1.29 is 0 Å². The highest BCUT2D eigenvalue weighted by molar-refractivity contribution is 6.31. The Morgan fingerprint density at radius 2 is 0.875 bits per heavy atom. The number of benzene rings is 10. The van der Waals surface area contributed by atoms with Crippen LogP contribution in [0.25, 0.3) is 98.0 Å². The van der Waals surface area contributed by atoms with Crippen molar-refractivity contribution in [3.05, 3.63) is 168 Å². The molecule has 0 nitrogen and oxygen atoms in total. The summed E-state index contributed by atoms with van der Waals surface area (Å²) in [5, 5.41) is 15.7. The predicted molar refractivity (Wildman–Crippen MR) is 246 cm³/mol. The smallest absolute Gasteiger partial charge is 0.00201 e. The van der Waals surface area contributed by atoms with Gasteiger partial charge in [-0.2, -0.15) is 0 Å². The lowest BCUT2D eigenvalue weighted by atomic mass is 9.81. The monoisotopic (exact) mass is 720 g/mol. The van der Waals surface area contributed by atoms with E-state index in [2.05, 4.69) is 200 Å². The van der Waals surface area contributed by atoms with Crippen molar-refractivity contribution >= 4 is 64.6 Å². The summed E-state index contributed by atoms with van der Waals surface area (Å²) in [6, 6.07) is 58.1. The predicted octanol–water partition coefficient (Wildman–Crippen LogP) is 16.6. The van der Waals surface area contributed by atoms with E-state index in [1.807, 2.05) is 0 Å². The van der Waals surface area contributed by atoms with Crippen molar-refractivity contribution in [2.45, 2.75) is 65.7 Å². The fraction of sp³-hybridized carbons (Fsp3) is 0.179. The van der Waals surface area contributed by atoms with E-state index in [4.69, 9.17) is 0 Å². The number of rotatable bonds is 5. The van der Waals surface area contributed by atoms with Crippen molar-refractivity contribution in [1.29, 1.82) is 0 Å². The van der Waals surface area contributed by atoms with Crippen molar-refractivity contribution in [3.8, 4) is 33.4 Å². The minimum absolute atomic E-state index is 0.103. The van der Waals surface area contributed by atoms with Gasteiger partial charge in [0.05, 0.1) is 0 Å². The molecule has 0 aliphatic carbocycles. The van der Waals surface area contributed by atoms with E-state index in [1.54, 1.807) is 0 Å². The van der Waals surface area contributed by atoms with Crippen molar-refractivity contribution in [2.24, 2.45) is 0 Å². The molecule has 10 aromatic carbocycles. The summed E-state index contributed by atoms with van der Waals surface area (Å²) < 4.78 is 0. The Morgan fingerprint density at radius 1 is 0.375 bits per heavy atom. The molecular formula is C56H48. The third-order valence-corrected chi connectivity index (χ3v) is 12.5. The summed E-state index contributed by atoms with van der Waals surface area (Å²) in [7, 11) is 0. The fourth-order valence-electron chi connectivity index (χ4n) is 9.60. The maximum Gasteiger partial charge on any atom is -0.00201 e. The van der Waals surface area contributed by atoms with E-state index in [0.717, 1.165) is 0 Å². The van der Waals surface area contributed by atoms with E-state index in [-0.39, 0.29) is 5.41 Å². The molecule has 10 aromatic rings. The van der Waals surface area contributed by atoms with E-state index in [9.17, 15) is 0 Å². The third-order valence-electron chi connectivity index (χ3n) is 12.5. The topological polar surface area (TPSA) is 0 Å². The lowest BCUT2D eigenvalue weighted by Crippen LogP contribution is -2.10. The number of fused-ring (bicyclic) bond motifs is 3. The molecule has 0 saturated heterocycles. The third kappa shape index (κ3) is 5.26. The van der Waals surface area contributed by atoms with Crippen molar-refractivity contribution in [1.82, 2.24) is 0 Å². The van der Waals surface area contributed by atoms with Crippen LogP contribution in [-0.2, 0) is 5.41 Å².